The molecule has 1 fully saturated rings. The van der Waals surface area contributed by atoms with Gasteiger partial charge >= 0.3 is 0 Å². The Bertz CT molecular complexity index is 634. The van der Waals surface area contributed by atoms with Crippen LogP contribution in [0.5, 0.6) is 0 Å². The molecule has 0 saturated carbocycles. The molecule has 21 heavy (non-hydrogen) atoms. The van der Waals surface area contributed by atoms with E-state index in [1.54, 1.807) is 10.4 Å². The van der Waals surface area contributed by atoms with E-state index in [1.807, 2.05) is 19.9 Å². The SMILES string of the molecule is Cc1cc(Br)c(S(=O)(=O)N2C(C)CCCC2CN)cc1Br. The fourth-order valence-electron chi connectivity index (χ4n) is 2.86. The molecule has 1 aliphatic rings. The molecule has 4 nitrogen and oxygen atoms in total. The Morgan fingerprint density at radius 2 is 1.95 bits per heavy atom. The van der Waals surface area contributed by atoms with Crippen LogP contribution in [0.4, 0.5) is 0 Å². The van der Waals surface area contributed by atoms with Crippen LogP contribution < -0.4 is 5.73 Å². The van der Waals surface area contributed by atoms with Gasteiger partial charge in [-0.05, 0) is 60.3 Å². The van der Waals surface area contributed by atoms with Crippen molar-refractivity contribution >= 4 is 41.9 Å². The third kappa shape index (κ3) is 3.37. The van der Waals surface area contributed by atoms with Crippen LogP contribution in [0.1, 0.15) is 31.7 Å². The topological polar surface area (TPSA) is 63.4 Å². The first-order chi connectivity index (χ1) is 9.78. The number of benzene rings is 1. The summed E-state index contributed by atoms with van der Waals surface area (Å²) in [4.78, 5) is 0.298. The molecule has 1 saturated heterocycles. The van der Waals surface area contributed by atoms with Crippen LogP contribution in [0.2, 0.25) is 0 Å². The van der Waals surface area contributed by atoms with Crippen LogP contribution in [0.15, 0.2) is 26.0 Å². The van der Waals surface area contributed by atoms with Crippen LogP contribution in [0, 0.1) is 6.92 Å². The summed E-state index contributed by atoms with van der Waals surface area (Å²) in [5.74, 6) is 0. The second kappa shape index (κ2) is 6.66. The zero-order valence-electron chi connectivity index (χ0n) is 12.1. The van der Waals surface area contributed by atoms with Crippen LogP contribution in [0.3, 0.4) is 0 Å². The number of nitrogens with two attached hydrogens (primary N) is 1. The number of halogens is 2. The van der Waals surface area contributed by atoms with Crippen molar-refractivity contribution in [2.75, 3.05) is 6.54 Å². The number of sulfonamides is 1. The minimum atomic E-state index is -3.57. The van der Waals surface area contributed by atoms with E-state index in [2.05, 4.69) is 31.9 Å². The van der Waals surface area contributed by atoms with Crippen molar-refractivity contribution in [1.29, 1.82) is 0 Å². The zero-order chi connectivity index (χ0) is 15.8. The van der Waals surface area contributed by atoms with Crippen molar-refractivity contribution in [1.82, 2.24) is 4.31 Å². The molecule has 0 amide bonds. The number of piperidine rings is 1. The maximum Gasteiger partial charge on any atom is 0.244 e. The maximum absolute atomic E-state index is 13.1. The van der Waals surface area contributed by atoms with Gasteiger partial charge in [0.1, 0.15) is 0 Å². The second-order valence-corrected chi connectivity index (χ2v) is 9.06. The Balaban J connectivity index is 2.52. The van der Waals surface area contributed by atoms with E-state index in [1.165, 1.54) is 0 Å². The Morgan fingerprint density at radius 1 is 1.29 bits per heavy atom. The molecule has 0 radical (unpaired) electrons. The summed E-state index contributed by atoms with van der Waals surface area (Å²) in [5, 5.41) is 0. The molecular formula is C14H20Br2N2O2S. The molecule has 7 heteroatoms. The number of nitrogens with zero attached hydrogens (tertiary/aromatic N) is 1. The van der Waals surface area contributed by atoms with Crippen LogP contribution >= 0.6 is 31.9 Å². The number of rotatable bonds is 3. The standard InChI is InChI=1S/C14H20Br2N2O2S/c1-9-6-13(16)14(7-12(9)15)21(19,20)18-10(2)4-3-5-11(18)8-17/h6-7,10-11H,3-5,8,17H2,1-2H3. The molecule has 2 unspecified atom stereocenters. The van der Waals surface area contributed by atoms with Crippen LogP contribution in [-0.2, 0) is 10.0 Å². The van der Waals surface area contributed by atoms with Gasteiger partial charge in [-0.3, -0.25) is 0 Å². The molecule has 0 aromatic heterocycles. The van der Waals surface area contributed by atoms with E-state index >= 15 is 0 Å². The lowest BCUT2D eigenvalue weighted by Crippen LogP contribution is -2.51. The van der Waals surface area contributed by atoms with Gasteiger partial charge in [0.25, 0.3) is 0 Å². The number of aryl methyl sites for hydroxylation is 1. The number of hydrogen-bond donors (Lipinski definition) is 1. The summed E-state index contributed by atoms with van der Waals surface area (Å²) in [6.45, 7) is 4.24. The van der Waals surface area contributed by atoms with Crippen molar-refractivity contribution in [3.8, 4) is 0 Å². The normalized spacial score (nSPS) is 24.2. The predicted octanol–water partition coefficient (Wildman–Crippen LogP) is 3.41. The Labute approximate surface area is 143 Å². The minimum absolute atomic E-state index is 0.0238. The van der Waals surface area contributed by atoms with Crippen LogP contribution in [0.25, 0.3) is 0 Å². The molecule has 118 valence electrons. The average molecular weight is 440 g/mol. The first-order valence-corrected chi connectivity index (χ1v) is 10.0. The van der Waals surface area contributed by atoms with Crippen molar-refractivity contribution in [2.45, 2.75) is 50.1 Å². The second-order valence-electron chi connectivity index (χ2n) is 5.54. The lowest BCUT2D eigenvalue weighted by molar-refractivity contribution is 0.196. The van der Waals surface area contributed by atoms with E-state index in [0.717, 1.165) is 29.3 Å². The molecule has 2 rings (SSSR count). The molecule has 0 spiro atoms. The van der Waals surface area contributed by atoms with Gasteiger partial charge in [-0.15, -0.1) is 0 Å². The van der Waals surface area contributed by atoms with Gasteiger partial charge in [0.2, 0.25) is 10.0 Å². The zero-order valence-corrected chi connectivity index (χ0v) is 16.1. The van der Waals surface area contributed by atoms with Gasteiger partial charge in [0, 0.05) is 27.6 Å². The molecule has 2 atom stereocenters. The Hall–Kier alpha value is 0.0500. The number of hydrogen-bond acceptors (Lipinski definition) is 3. The quantitative estimate of drug-likeness (QED) is 0.784. The fraction of sp³-hybridized carbons (Fsp3) is 0.571. The maximum atomic E-state index is 13.1. The summed E-state index contributed by atoms with van der Waals surface area (Å²) in [5.41, 5.74) is 6.78. The summed E-state index contributed by atoms with van der Waals surface area (Å²) >= 11 is 6.80. The summed E-state index contributed by atoms with van der Waals surface area (Å²) in [6, 6.07) is 3.35. The highest BCUT2D eigenvalue weighted by atomic mass is 79.9. The molecular weight excluding hydrogens is 420 g/mol. The van der Waals surface area contributed by atoms with Gasteiger partial charge in [-0.2, -0.15) is 4.31 Å². The van der Waals surface area contributed by atoms with Gasteiger partial charge in [0.15, 0.2) is 0 Å². The summed E-state index contributed by atoms with van der Waals surface area (Å²) < 4.78 is 29.1. The van der Waals surface area contributed by atoms with Crippen molar-refractivity contribution < 1.29 is 8.42 Å². The van der Waals surface area contributed by atoms with Gasteiger partial charge in [0.05, 0.1) is 4.90 Å². The lowest BCUT2D eigenvalue weighted by atomic mass is 10.00. The van der Waals surface area contributed by atoms with E-state index in [9.17, 15) is 8.42 Å². The minimum Gasteiger partial charge on any atom is -0.329 e. The van der Waals surface area contributed by atoms with E-state index in [-0.39, 0.29) is 12.1 Å². The highest BCUT2D eigenvalue weighted by molar-refractivity contribution is 9.11. The fourth-order valence-corrected chi connectivity index (χ4v) is 6.39. The summed E-state index contributed by atoms with van der Waals surface area (Å²) in [7, 11) is -3.57. The van der Waals surface area contributed by atoms with E-state index in [0.29, 0.717) is 15.9 Å². The van der Waals surface area contributed by atoms with Gasteiger partial charge < -0.3 is 5.73 Å². The van der Waals surface area contributed by atoms with Gasteiger partial charge in [-0.25, -0.2) is 8.42 Å². The molecule has 0 bridgehead atoms. The average Bonchev–Trinajstić information content (AvgIpc) is 2.41. The largest absolute Gasteiger partial charge is 0.329 e. The highest BCUT2D eigenvalue weighted by Crippen LogP contribution is 2.35. The van der Waals surface area contributed by atoms with Crippen molar-refractivity contribution in [3.63, 3.8) is 0 Å². The first-order valence-electron chi connectivity index (χ1n) is 6.98. The predicted molar refractivity (Wildman–Crippen MR) is 91.8 cm³/mol. The molecule has 2 N–H and O–H groups in total. The summed E-state index contributed by atoms with van der Waals surface area (Å²) in [6.07, 6.45) is 2.72. The van der Waals surface area contributed by atoms with Crippen molar-refractivity contribution in [3.05, 3.63) is 26.6 Å². The Morgan fingerprint density at radius 3 is 2.57 bits per heavy atom. The van der Waals surface area contributed by atoms with Crippen LogP contribution in [-0.4, -0.2) is 31.4 Å². The molecule has 1 aromatic rings. The smallest absolute Gasteiger partial charge is 0.244 e. The molecule has 1 aliphatic heterocycles. The van der Waals surface area contributed by atoms with Crippen molar-refractivity contribution in [2.24, 2.45) is 5.73 Å². The van der Waals surface area contributed by atoms with E-state index < -0.39 is 10.0 Å². The Kier molecular flexibility index (Phi) is 5.52. The monoisotopic (exact) mass is 438 g/mol. The molecule has 1 aromatic carbocycles. The molecule has 1 heterocycles. The van der Waals surface area contributed by atoms with Gasteiger partial charge in [-0.1, -0.05) is 22.4 Å². The third-order valence-electron chi connectivity index (χ3n) is 3.99. The lowest BCUT2D eigenvalue weighted by Gasteiger charge is -2.39. The highest BCUT2D eigenvalue weighted by Gasteiger charge is 2.38. The third-order valence-corrected chi connectivity index (χ3v) is 7.87. The van der Waals surface area contributed by atoms with E-state index in [4.69, 9.17) is 5.73 Å². The first kappa shape index (κ1) is 17.4. The molecule has 0 aliphatic carbocycles.